The van der Waals surface area contributed by atoms with Crippen molar-refractivity contribution in [3.8, 4) is 5.75 Å². The number of methoxy groups -OCH3 is 1. The molecule has 0 unspecified atom stereocenters. The highest BCUT2D eigenvalue weighted by Crippen LogP contribution is 2.36. The zero-order valence-electron chi connectivity index (χ0n) is 14.2. The molecule has 0 aliphatic rings. The molecular formula is C21H18FNO2S. The largest absolute Gasteiger partial charge is 0.497 e. The van der Waals surface area contributed by atoms with Crippen molar-refractivity contribution in [3.63, 3.8) is 0 Å². The second kappa shape index (κ2) is 8.54. The first kappa shape index (κ1) is 18.0. The number of amides is 1. The third-order valence-electron chi connectivity index (χ3n) is 3.77. The van der Waals surface area contributed by atoms with Gasteiger partial charge in [-0.25, -0.2) is 4.39 Å². The van der Waals surface area contributed by atoms with Crippen LogP contribution in [0.2, 0.25) is 0 Å². The summed E-state index contributed by atoms with van der Waals surface area (Å²) in [6.45, 7) is 0. The van der Waals surface area contributed by atoms with Crippen molar-refractivity contribution in [1.29, 1.82) is 0 Å². The van der Waals surface area contributed by atoms with E-state index in [1.807, 2.05) is 54.6 Å². The van der Waals surface area contributed by atoms with E-state index in [2.05, 4.69) is 5.32 Å². The number of anilines is 1. The Morgan fingerprint density at radius 1 is 0.962 bits per heavy atom. The molecule has 3 aromatic carbocycles. The minimum Gasteiger partial charge on any atom is -0.497 e. The number of carbonyl (C=O) groups excluding carboxylic acids is 1. The summed E-state index contributed by atoms with van der Waals surface area (Å²) in [5, 5.41) is 2.42. The van der Waals surface area contributed by atoms with Crippen LogP contribution in [0.25, 0.3) is 0 Å². The van der Waals surface area contributed by atoms with Gasteiger partial charge in [-0.2, -0.15) is 0 Å². The molecule has 0 bridgehead atoms. The maximum absolute atomic E-state index is 13.1. The molecule has 0 saturated carbocycles. The molecule has 0 spiro atoms. The lowest BCUT2D eigenvalue weighted by molar-refractivity contribution is -0.115. The van der Waals surface area contributed by atoms with Crippen LogP contribution in [0.5, 0.6) is 5.75 Å². The first-order chi connectivity index (χ1) is 12.7. The number of halogens is 1. The first-order valence-corrected chi connectivity index (χ1v) is 8.96. The van der Waals surface area contributed by atoms with Crippen molar-refractivity contribution in [2.45, 2.75) is 10.1 Å². The number of nitrogens with one attached hydrogen (secondary N) is 1. The van der Waals surface area contributed by atoms with E-state index in [0.717, 1.165) is 16.2 Å². The Hall–Kier alpha value is -2.79. The van der Waals surface area contributed by atoms with Gasteiger partial charge in [-0.3, -0.25) is 4.79 Å². The zero-order valence-corrected chi connectivity index (χ0v) is 15.0. The Labute approximate surface area is 156 Å². The fourth-order valence-electron chi connectivity index (χ4n) is 2.43. The molecule has 0 aliphatic carbocycles. The van der Waals surface area contributed by atoms with E-state index in [4.69, 9.17) is 4.74 Å². The fourth-order valence-corrected chi connectivity index (χ4v) is 3.46. The van der Waals surface area contributed by atoms with E-state index in [-0.39, 0.29) is 11.7 Å². The molecule has 3 rings (SSSR count). The molecule has 3 nitrogen and oxygen atoms in total. The molecule has 26 heavy (non-hydrogen) atoms. The van der Waals surface area contributed by atoms with Crippen molar-refractivity contribution < 1.29 is 13.9 Å². The minimum atomic E-state index is -0.436. The highest BCUT2D eigenvalue weighted by Gasteiger charge is 2.22. The lowest BCUT2D eigenvalue weighted by atomic mass is 10.1. The van der Waals surface area contributed by atoms with Gasteiger partial charge in [0.1, 0.15) is 16.8 Å². The minimum absolute atomic E-state index is 0.163. The molecule has 132 valence electrons. The van der Waals surface area contributed by atoms with E-state index in [0.29, 0.717) is 5.69 Å². The van der Waals surface area contributed by atoms with Crippen LogP contribution in [-0.2, 0) is 4.79 Å². The maximum atomic E-state index is 13.1. The number of benzene rings is 3. The molecule has 1 atom stereocenters. The zero-order chi connectivity index (χ0) is 18.4. The summed E-state index contributed by atoms with van der Waals surface area (Å²) < 4.78 is 18.2. The smallest absolute Gasteiger partial charge is 0.242 e. The molecule has 0 aromatic heterocycles. The van der Waals surface area contributed by atoms with Crippen LogP contribution >= 0.6 is 11.8 Å². The molecule has 0 heterocycles. The van der Waals surface area contributed by atoms with Crippen molar-refractivity contribution >= 4 is 23.4 Å². The van der Waals surface area contributed by atoms with Gasteiger partial charge in [-0.15, -0.1) is 11.8 Å². The average molecular weight is 367 g/mol. The van der Waals surface area contributed by atoms with Crippen LogP contribution in [0.1, 0.15) is 10.8 Å². The SMILES string of the molecule is COc1ccc(S[C@@H](C(=O)Nc2ccc(F)cc2)c2ccccc2)cc1. The Morgan fingerprint density at radius 2 is 1.62 bits per heavy atom. The van der Waals surface area contributed by atoms with E-state index < -0.39 is 5.25 Å². The van der Waals surface area contributed by atoms with Gasteiger partial charge in [0.05, 0.1) is 7.11 Å². The maximum Gasteiger partial charge on any atom is 0.242 e. The van der Waals surface area contributed by atoms with Crippen LogP contribution in [0.15, 0.2) is 83.8 Å². The molecule has 3 aromatic rings. The summed E-state index contributed by atoms with van der Waals surface area (Å²) in [6.07, 6.45) is 0. The molecule has 1 N–H and O–H groups in total. The lowest BCUT2D eigenvalue weighted by Crippen LogP contribution is -2.19. The summed E-state index contributed by atoms with van der Waals surface area (Å²) in [7, 11) is 1.62. The molecule has 0 aliphatic heterocycles. The van der Waals surface area contributed by atoms with Gasteiger partial charge in [-0.05, 0) is 54.1 Å². The predicted octanol–water partition coefficient (Wildman–Crippen LogP) is 5.31. The van der Waals surface area contributed by atoms with Crippen molar-refractivity contribution in [1.82, 2.24) is 0 Å². The number of thioether (sulfide) groups is 1. The van der Waals surface area contributed by atoms with Crippen molar-refractivity contribution in [2.75, 3.05) is 12.4 Å². The quantitative estimate of drug-likeness (QED) is 0.600. The van der Waals surface area contributed by atoms with Crippen LogP contribution in [-0.4, -0.2) is 13.0 Å². The van der Waals surface area contributed by atoms with Gasteiger partial charge in [0, 0.05) is 10.6 Å². The Morgan fingerprint density at radius 3 is 2.23 bits per heavy atom. The van der Waals surface area contributed by atoms with Gasteiger partial charge in [0.25, 0.3) is 0 Å². The third kappa shape index (κ3) is 4.64. The predicted molar refractivity (Wildman–Crippen MR) is 103 cm³/mol. The molecule has 0 radical (unpaired) electrons. The van der Waals surface area contributed by atoms with Crippen LogP contribution in [0.4, 0.5) is 10.1 Å². The van der Waals surface area contributed by atoms with Gasteiger partial charge < -0.3 is 10.1 Å². The van der Waals surface area contributed by atoms with Crippen LogP contribution < -0.4 is 10.1 Å². The number of hydrogen-bond acceptors (Lipinski definition) is 3. The van der Waals surface area contributed by atoms with Crippen molar-refractivity contribution in [3.05, 3.63) is 90.2 Å². The monoisotopic (exact) mass is 367 g/mol. The summed E-state index contributed by atoms with van der Waals surface area (Å²) in [5.74, 6) is 0.264. The van der Waals surface area contributed by atoms with Crippen LogP contribution in [0, 0.1) is 5.82 Å². The Bertz CT molecular complexity index is 851. The number of rotatable bonds is 6. The summed E-state index contributed by atoms with van der Waals surface area (Å²) >= 11 is 1.45. The van der Waals surface area contributed by atoms with Gasteiger partial charge >= 0.3 is 0 Å². The number of ether oxygens (including phenoxy) is 1. The molecule has 0 fully saturated rings. The lowest BCUT2D eigenvalue weighted by Gasteiger charge is -2.17. The third-order valence-corrected chi connectivity index (χ3v) is 5.03. The fraction of sp³-hybridized carbons (Fsp3) is 0.0952. The molecule has 1 amide bonds. The Kier molecular flexibility index (Phi) is 5.92. The molecular weight excluding hydrogens is 349 g/mol. The normalized spacial score (nSPS) is 11.6. The highest BCUT2D eigenvalue weighted by molar-refractivity contribution is 8.00. The second-order valence-corrected chi connectivity index (χ2v) is 6.76. The van der Waals surface area contributed by atoms with Gasteiger partial charge in [0.15, 0.2) is 0 Å². The standard InChI is InChI=1S/C21H18FNO2S/c1-25-18-11-13-19(14-12-18)26-20(15-5-3-2-4-6-15)21(24)23-17-9-7-16(22)8-10-17/h2-14,20H,1H3,(H,23,24)/t20-/m1/s1. The number of carbonyl (C=O) groups is 1. The summed E-state index contributed by atoms with van der Waals surface area (Å²) in [5.41, 5.74) is 1.46. The topological polar surface area (TPSA) is 38.3 Å². The van der Waals surface area contributed by atoms with Gasteiger partial charge in [-0.1, -0.05) is 30.3 Å². The van der Waals surface area contributed by atoms with E-state index in [9.17, 15) is 9.18 Å². The van der Waals surface area contributed by atoms with Crippen molar-refractivity contribution in [2.24, 2.45) is 0 Å². The summed E-state index contributed by atoms with van der Waals surface area (Å²) in [4.78, 5) is 13.8. The van der Waals surface area contributed by atoms with E-state index in [1.54, 1.807) is 19.2 Å². The first-order valence-electron chi connectivity index (χ1n) is 8.08. The second-order valence-electron chi connectivity index (χ2n) is 5.58. The average Bonchev–Trinajstić information content (AvgIpc) is 2.69. The van der Waals surface area contributed by atoms with E-state index >= 15 is 0 Å². The van der Waals surface area contributed by atoms with Crippen LogP contribution in [0.3, 0.4) is 0 Å². The summed E-state index contributed by atoms with van der Waals surface area (Å²) in [6, 6.07) is 22.9. The van der Waals surface area contributed by atoms with E-state index in [1.165, 1.54) is 23.9 Å². The number of hydrogen-bond donors (Lipinski definition) is 1. The molecule has 0 saturated heterocycles. The van der Waals surface area contributed by atoms with Gasteiger partial charge in [0.2, 0.25) is 5.91 Å². The Balaban J connectivity index is 1.82. The highest BCUT2D eigenvalue weighted by atomic mass is 32.2. The molecule has 5 heteroatoms.